The fourth-order valence-electron chi connectivity index (χ4n) is 9.09. The molecular formula is C61H67F12Fe2N3P4Pd+4. The zero-order valence-electron chi connectivity index (χ0n) is 47.4. The molecular weight excluding hydrogens is 1340 g/mol. The quantitative estimate of drug-likeness (QED) is 0.0901. The molecule has 5 aliphatic rings. The number of benzene rings is 4. The van der Waals surface area contributed by atoms with Crippen molar-refractivity contribution in [2.24, 2.45) is 0 Å². The summed E-state index contributed by atoms with van der Waals surface area (Å²) in [5.41, 5.74) is 13.6. The van der Waals surface area contributed by atoms with Crippen LogP contribution in [0.4, 0.5) is 50.4 Å². The third-order valence-corrected chi connectivity index (χ3v) is 16.7. The first-order chi connectivity index (χ1) is 36.7. The summed E-state index contributed by atoms with van der Waals surface area (Å²) in [6, 6.07) is 30.7. The van der Waals surface area contributed by atoms with Crippen molar-refractivity contribution < 1.29 is 105 Å². The Hall–Kier alpha value is -1.71. The van der Waals surface area contributed by atoms with Crippen LogP contribution in [0, 0.1) is 193 Å². The molecule has 4 aromatic rings. The van der Waals surface area contributed by atoms with E-state index in [1.807, 2.05) is 64.2 Å². The molecule has 9 rings (SSSR count). The van der Waals surface area contributed by atoms with Gasteiger partial charge in [0, 0.05) is 54.6 Å². The van der Waals surface area contributed by atoms with Gasteiger partial charge in [-0.05, 0) is 209 Å². The molecule has 0 spiro atoms. The van der Waals surface area contributed by atoms with Gasteiger partial charge in [0.2, 0.25) is 0 Å². The molecule has 0 saturated heterocycles. The Balaban J connectivity index is 0.000000945. The van der Waals surface area contributed by atoms with Crippen molar-refractivity contribution in [3.63, 3.8) is 0 Å². The largest absolute Gasteiger partial charge is 2.00 e. The van der Waals surface area contributed by atoms with Crippen LogP contribution in [0.15, 0.2) is 85.2 Å². The Morgan fingerprint density at radius 1 is 0.386 bits per heavy atom. The Bertz CT molecular complexity index is 2340. The summed E-state index contributed by atoms with van der Waals surface area (Å²) in [7, 11) is -22.8. The average Bonchev–Trinajstić information content (AvgIpc) is 4.15. The number of aryl methyl sites for hydroxylation is 8. The van der Waals surface area contributed by atoms with E-state index in [0.29, 0.717) is 0 Å². The number of hydrogen-bond acceptors (Lipinski definition) is 3. The Morgan fingerprint density at radius 3 is 0.747 bits per heavy atom. The molecule has 4 fully saturated rings. The van der Waals surface area contributed by atoms with Crippen molar-refractivity contribution >= 4 is 52.7 Å². The van der Waals surface area contributed by atoms with Gasteiger partial charge in [0.05, 0.1) is 12.7 Å². The van der Waals surface area contributed by atoms with Gasteiger partial charge in [-0.3, -0.25) is 0 Å². The molecule has 0 unspecified atom stereocenters. The summed E-state index contributed by atoms with van der Waals surface area (Å²) in [5.74, 6) is 2.85. The number of nitriles is 1. The number of halogens is 12. The standard InChI is InChI=1S/C49H54N2P2.2C5H5.C2H3N.2F6P.2Fe.Pd/c1-32-19-33(2)24-42(23-32)52(43-25-34(3)20-35(4)26-43)48-15-11-13-46(48)40(9)50-17-18-51(31-50)41(10)47-14-12-16-49(47)53(44-27-36(5)21-37(6)28-44)45-29-38(7)22-39(8)30-45;2*1-2-4-5-3-1;1-2-3;2*1-7(2,3,4,5)6;;;/h11-30,40-41H,31H2,1-10H3;2*1-5H;1H3;;;;;/q;;;;2*-1;3*+2/t40-,41-;;;;;;;;/m1......../s1. The van der Waals surface area contributed by atoms with Gasteiger partial charge >= 0.3 is 121 Å². The van der Waals surface area contributed by atoms with Crippen molar-refractivity contribution in [1.82, 2.24) is 9.80 Å². The van der Waals surface area contributed by atoms with Gasteiger partial charge in [0.25, 0.3) is 0 Å². The first kappa shape index (κ1) is 79.3. The van der Waals surface area contributed by atoms with Crippen LogP contribution < -0.4 is 21.2 Å². The first-order valence-corrected chi connectivity index (χ1v) is 31.8. The Morgan fingerprint density at radius 2 is 0.566 bits per heavy atom. The van der Waals surface area contributed by atoms with Crippen LogP contribution in [0.5, 0.6) is 0 Å². The molecule has 452 valence electrons. The Kier molecular flexibility index (Phi) is 30.2. The van der Waals surface area contributed by atoms with Crippen molar-refractivity contribution in [2.75, 3.05) is 6.67 Å². The van der Waals surface area contributed by atoms with E-state index in [1.165, 1.54) is 95.8 Å². The second kappa shape index (κ2) is 31.6. The van der Waals surface area contributed by atoms with Crippen LogP contribution in [-0.2, 0) is 54.6 Å². The van der Waals surface area contributed by atoms with Gasteiger partial charge < -0.3 is 9.80 Å². The van der Waals surface area contributed by atoms with Gasteiger partial charge in [0.15, 0.2) is 0 Å². The molecule has 0 N–H and O–H groups in total. The molecule has 22 heteroatoms. The van der Waals surface area contributed by atoms with E-state index in [4.69, 9.17) is 5.26 Å². The van der Waals surface area contributed by atoms with E-state index in [2.05, 4.69) is 203 Å². The van der Waals surface area contributed by atoms with E-state index in [0.717, 1.165) is 6.67 Å². The fourth-order valence-corrected chi connectivity index (χ4v) is 15.0. The summed E-state index contributed by atoms with van der Waals surface area (Å²) >= 11 is 0. The van der Waals surface area contributed by atoms with Crippen LogP contribution >= 0.6 is 31.5 Å². The minimum atomic E-state index is -10.7. The average molecular weight is 1410 g/mol. The third-order valence-electron chi connectivity index (χ3n) is 11.8. The molecule has 2 atom stereocenters. The summed E-state index contributed by atoms with van der Waals surface area (Å²) in [6.07, 6.45) is 38.7. The maximum Gasteiger partial charge on any atom is 2.00 e. The molecule has 3 nitrogen and oxygen atoms in total. The molecule has 1 heterocycles. The van der Waals surface area contributed by atoms with E-state index < -0.39 is 31.5 Å². The molecule has 0 aromatic heterocycles. The van der Waals surface area contributed by atoms with Crippen LogP contribution in [0.2, 0.25) is 0 Å². The van der Waals surface area contributed by atoms with Gasteiger partial charge in [0.1, 0.15) is 0 Å². The molecule has 4 saturated carbocycles. The van der Waals surface area contributed by atoms with E-state index in [1.54, 1.807) is 6.07 Å². The maximum absolute atomic E-state index is 10.7. The minimum Gasteiger partial charge on any atom is -0.0312 e. The predicted octanol–water partition coefficient (Wildman–Crippen LogP) is 19.3. The van der Waals surface area contributed by atoms with Crippen molar-refractivity contribution in [2.45, 2.75) is 88.2 Å². The number of hydrogen-bond donors (Lipinski definition) is 0. The normalized spacial score (nSPS) is 18.8. The van der Waals surface area contributed by atoms with E-state index in [9.17, 15) is 50.4 Å². The topological polar surface area (TPSA) is 30.3 Å². The molecule has 4 aromatic carbocycles. The van der Waals surface area contributed by atoms with E-state index >= 15 is 0 Å². The molecule has 1 aliphatic heterocycles. The van der Waals surface area contributed by atoms with Crippen LogP contribution in [0.3, 0.4) is 0 Å². The van der Waals surface area contributed by atoms with Crippen molar-refractivity contribution in [3.05, 3.63) is 256 Å². The van der Waals surface area contributed by atoms with Gasteiger partial charge in [-0.1, -0.05) is 117 Å². The predicted molar refractivity (Wildman–Crippen MR) is 313 cm³/mol. The van der Waals surface area contributed by atoms with Crippen molar-refractivity contribution in [1.29, 1.82) is 5.26 Å². The Labute approximate surface area is 525 Å². The maximum atomic E-state index is 9.87. The molecule has 83 heavy (non-hydrogen) atoms. The molecule has 0 bridgehead atoms. The van der Waals surface area contributed by atoms with Gasteiger partial charge in [-0.25, -0.2) is 0 Å². The van der Waals surface area contributed by atoms with Crippen molar-refractivity contribution in [3.8, 4) is 6.07 Å². The number of rotatable bonds is 10. The molecule has 0 amide bonds. The zero-order chi connectivity index (χ0) is 60.1. The SMILES string of the molecule is CC#N.Cc1cc(C)cc(P([C]2[CH][CH][CH][C]2[C@@H](C)N2C=CN([C@H](C)[C]3[CH][CH][CH][C]3P(c3cc(C)cc(C)c3)c3cc(C)cc(C)c3)C2)c2cc(C)cc(C)c2)c1.F[P-](F)(F)(F)(F)F.F[P-](F)(F)(F)(F)F.[CH]1[CH][CH][CH][CH]1.[CH]1[CH][CH][CH][CH]1.[Fe+2].[Fe+2].[Pd+2]. The summed E-state index contributed by atoms with van der Waals surface area (Å²) in [4.78, 5) is 5.07. The van der Waals surface area contributed by atoms with Gasteiger partial charge in [-0.15, -0.1) is 0 Å². The summed E-state index contributed by atoms with van der Waals surface area (Å²) in [5, 5.41) is 13.0. The third kappa shape index (κ3) is 31.4. The molecule has 20 radical (unpaired) electrons. The summed E-state index contributed by atoms with van der Waals surface area (Å²) in [6.45, 7) is 24.9. The van der Waals surface area contributed by atoms with E-state index in [-0.39, 0.29) is 66.6 Å². The van der Waals surface area contributed by atoms with Gasteiger partial charge in [-0.2, -0.15) is 5.26 Å². The minimum absolute atomic E-state index is 0. The first-order valence-electron chi connectivity index (χ1n) is 25.1. The second-order valence-electron chi connectivity index (χ2n) is 19.7. The van der Waals surface area contributed by atoms with Crippen LogP contribution in [0.1, 0.15) is 65.3 Å². The van der Waals surface area contributed by atoms with Crippen LogP contribution in [-0.4, -0.2) is 28.6 Å². The monoisotopic (exact) mass is 1410 g/mol. The zero-order valence-corrected chi connectivity index (χ0v) is 54.7. The second-order valence-corrected chi connectivity index (χ2v) is 27.9. The number of nitrogens with zero attached hydrogens (tertiary/aromatic N) is 3. The molecule has 4 aliphatic carbocycles. The fraction of sp³-hybridized carbons (Fsp3) is 0.230. The smallest absolute Gasteiger partial charge is 0.0312 e. The summed E-state index contributed by atoms with van der Waals surface area (Å²) < 4.78 is 118. The van der Waals surface area contributed by atoms with Crippen LogP contribution in [0.25, 0.3) is 0 Å².